The van der Waals surface area contributed by atoms with Crippen LogP contribution in [0.5, 0.6) is 0 Å². The van der Waals surface area contributed by atoms with Gasteiger partial charge in [-0.1, -0.05) is 37.3 Å². The van der Waals surface area contributed by atoms with Gasteiger partial charge in [0.25, 0.3) is 5.91 Å². The zero-order valence-corrected chi connectivity index (χ0v) is 21.7. The predicted octanol–water partition coefficient (Wildman–Crippen LogP) is 5.38. The van der Waals surface area contributed by atoms with Gasteiger partial charge in [0.05, 0.1) is 39.3 Å². The molecule has 0 saturated heterocycles. The fourth-order valence-corrected chi connectivity index (χ4v) is 5.92. The van der Waals surface area contributed by atoms with Crippen LogP contribution in [0.1, 0.15) is 78.2 Å². The number of aromatic nitrogens is 1. The highest BCUT2D eigenvalue weighted by atomic mass is 35.5. The van der Waals surface area contributed by atoms with E-state index in [4.69, 9.17) is 16.9 Å². The van der Waals surface area contributed by atoms with Crippen LogP contribution in [0.4, 0.5) is 5.69 Å². The summed E-state index contributed by atoms with van der Waals surface area (Å²) in [5.74, 6) is 0.116. The lowest BCUT2D eigenvalue weighted by atomic mass is 9.81. The van der Waals surface area contributed by atoms with E-state index in [1.807, 2.05) is 32.0 Å². The Hall–Kier alpha value is -2.63. The van der Waals surface area contributed by atoms with Crippen molar-refractivity contribution >= 4 is 40.4 Å². The molecule has 2 aliphatic rings. The fraction of sp³-hybridized carbons (Fsp3) is 0.538. The number of pyridine rings is 1. The smallest absolute Gasteiger partial charge is 0.262 e. The molecular weight excluding hydrogens is 482 g/mol. The quantitative estimate of drug-likeness (QED) is 0.417. The first-order valence-corrected chi connectivity index (χ1v) is 13.5. The molecular formula is C26H32ClN5O2S. The Kier molecular flexibility index (Phi) is 8.30. The number of thiophene rings is 1. The van der Waals surface area contributed by atoms with Gasteiger partial charge in [0.2, 0.25) is 5.91 Å². The molecule has 2 unspecified atom stereocenters. The molecule has 0 bridgehead atoms. The molecule has 0 spiro atoms. The molecule has 2 heterocycles. The molecule has 2 aliphatic carbocycles. The number of anilines is 1. The minimum Gasteiger partial charge on any atom is -0.376 e. The Balaban J connectivity index is 1.39. The van der Waals surface area contributed by atoms with Crippen molar-refractivity contribution in [2.75, 3.05) is 5.32 Å². The first kappa shape index (κ1) is 25.5. The van der Waals surface area contributed by atoms with Crippen LogP contribution in [0.2, 0.25) is 5.02 Å². The van der Waals surface area contributed by atoms with Crippen molar-refractivity contribution in [1.82, 2.24) is 15.6 Å². The lowest BCUT2D eigenvalue weighted by Crippen LogP contribution is -2.53. The summed E-state index contributed by atoms with van der Waals surface area (Å²) in [7, 11) is 0. The molecule has 3 N–H and O–H groups in total. The van der Waals surface area contributed by atoms with Crippen LogP contribution >= 0.6 is 22.9 Å². The normalized spacial score (nSPS) is 21.4. The summed E-state index contributed by atoms with van der Waals surface area (Å²) < 4.78 is 0. The Morgan fingerprint density at radius 1 is 1.29 bits per heavy atom. The summed E-state index contributed by atoms with van der Waals surface area (Å²) >= 11 is 7.50. The minimum absolute atomic E-state index is 0.0230. The SMILES string of the molecule is Cc1ncc(Cl)cc1NC(C)c1ccc(C(=O)NC(CC2CCCC2)C(=O)NC2CC(C#N)C2)s1. The molecule has 2 aromatic heterocycles. The van der Waals surface area contributed by atoms with E-state index in [1.54, 1.807) is 6.20 Å². The van der Waals surface area contributed by atoms with Crippen LogP contribution in [0.15, 0.2) is 24.4 Å². The molecule has 2 amide bonds. The third-order valence-electron chi connectivity index (χ3n) is 7.04. The maximum absolute atomic E-state index is 13.1. The third-order valence-corrected chi connectivity index (χ3v) is 8.51. The van der Waals surface area contributed by atoms with Crippen LogP contribution in [0.25, 0.3) is 0 Å². The van der Waals surface area contributed by atoms with E-state index in [9.17, 15) is 9.59 Å². The second kappa shape index (κ2) is 11.4. The molecule has 2 aromatic rings. The van der Waals surface area contributed by atoms with E-state index < -0.39 is 6.04 Å². The van der Waals surface area contributed by atoms with Crippen LogP contribution < -0.4 is 16.0 Å². The van der Waals surface area contributed by atoms with Gasteiger partial charge >= 0.3 is 0 Å². The molecule has 2 fully saturated rings. The van der Waals surface area contributed by atoms with Gasteiger partial charge in [0, 0.05) is 17.1 Å². The lowest BCUT2D eigenvalue weighted by Gasteiger charge is -2.33. The highest BCUT2D eigenvalue weighted by Gasteiger charge is 2.34. The zero-order valence-electron chi connectivity index (χ0n) is 20.1. The van der Waals surface area contributed by atoms with Crippen LogP contribution in [0.3, 0.4) is 0 Å². The van der Waals surface area contributed by atoms with E-state index in [2.05, 4.69) is 27.0 Å². The molecule has 7 nitrogen and oxygen atoms in total. The van der Waals surface area contributed by atoms with Crippen molar-refractivity contribution in [2.24, 2.45) is 11.8 Å². The monoisotopic (exact) mass is 513 g/mol. The zero-order chi connectivity index (χ0) is 24.9. The molecule has 186 valence electrons. The van der Waals surface area contributed by atoms with Crippen LogP contribution in [-0.2, 0) is 4.79 Å². The molecule has 0 radical (unpaired) electrons. The van der Waals surface area contributed by atoms with E-state index in [-0.39, 0.29) is 29.8 Å². The van der Waals surface area contributed by atoms with Crippen molar-refractivity contribution in [3.8, 4) is 6.07 Å². The summed E-state index contributed by atoms with van der Waals surface area (Å²) in [5.41, 5.74) is 1.71. The standard InChI is InChI=1S/C26H32ClN5O2S/c1-15-21(12-19(27)14-29-15)30-16(2)23-7-8-24(35-23)26(34)32-22(11-17-5-3-4-6-17)25(33)31-20-9-18(10-20)13-28/h7-8,12,14,16-18,20,22,30H,3-6,9-11H2,1-2H3,(H,31,33)(H,32,34). The number of nitrogens with one attached hydrogen (secondary N) is 3. The molecule has 0 aliphatic heterocycles. The van der Waals surface area contributed by atoms with Crippen molar-refractivity contribution in [3.63, 3.8) is 0 Å². The van der Waals surface area contributed by atoms with Gasteiger partial charge in [-0.3, -0.25) is 14.6 Å². The summed E-state index contributed by atoms with van der Waals surface area (Å²) in [6.07, 6.45) is 8.21. The van der Waals surface area contributed by atoms with Gasteiger partial charge < -0.3 is 16.0 Å². The van der Waals surface area contributed by atoms with Gasteiger partial charge in [-0.2, -0.15) is 5.26 Å². The average molecular weight is 514 g/mol. The number of rotatable bonds is 9. The van der Waals surface area contributed by atoms with Gasteiger partial charge in [-0.15, -0.1) is 11.3 Å². The molecule has 35 heavy (non-hydrogen) atoms. The number of aryl methyl sites for hydroxylation is 1. The average Bonchev–Trinajstić information content (AvgIpc) is 3.50. The largest absolute Gasteiger partial charge is 0.376 e. The number of nitrogens with zero attached hydrogens (tertiary/aromatic N) is 2. The van der Waals surface area contributed by atoms with E-state index >= 15 is 0 Å². The highest BCUT2D eigenvalue weighted by molar-refractivity contribution is 7.14. The summed E-state index contributed by atoms with van der Waals surface area (Å²) in [6.45, 7) is 3.94. The van der Waals surface area contributed by atoms with Gasteiger partial charge in [-0.05, 0) is 57.2 Å². The summed E-state index contributed by atoms with van der Waals surface area (Å²) in [4.78, 5) is 32.0. The molecule has 0 aromatic carbocycles. The Morgan fingerprint density at radius 3 is 2.74 bits per heavy atom. The topological polar surface area (TPSA) is 107 Å². The van der Waals surface area contributed by atoms with Crippen molar-refractivity contribution in [3.05, 3.63) is 44.9 Å². The molecule has 2 saturated carbocycles. The van der Waals surface area contributed by atoms with Crippen molar-refractivity contribution in [1.29, 1.82) is 5.26 Å². The minimum atomic E-state index is -0.562. The molecule has 4 rings (SSSR count). The highest BCUT2D eigenvalue weighted by Crippen LogP contribution is 2.31. The van der Waals surface area contributed by atoms with Crippen molar-refractivity contribution < 1.29 is 9.59 Å². The summed E-state index contributed by atoms with van der Waals surface area (Å²) in [5, 5.41) is 19.0. The Morgan fingerprint density at radius 2 is 2.03 bits per heavy atom. The second-order valence-corrected chi connectivity index (χ2v) is 11.3. The predicted molar refractivity (Wildman–Crippen MR) is 138 cm³/mol. The van der Waals surface area contributed by atoms with Crippen LogP contribution in [0, 0.1) is 30.1 Å². The number of hydrogen-bond donors (Lipinski definition) is 3. The molecule has 9 heteroatoms. The third kappa shape index (κ3) is 6.53. The maximum Gasteiger partial charge on any atom is 0.262 e. The summed E-state index contributed by atoms with van der Waals surface area (Å²) in [6, 6.07) is 7.26. The first-order chi connectivity index (χ1) is 16.8. The van der Waals surface area contributed by atoms with Gasteiger partial charge in [-0.25, -0.2) is 0 Å². The molecule has 2 atom stereocenters. The van der Waals surface area contributed by atoms with Crippen molar-refractivity contribution in [2.45, 2.75) is 76.9 Å². The maximum atomic E-state index is 13.1. The fourth-order valence-electron chi connectivity index (χ4n) is 4.85. The number of carbonyl (C=O) groups excluding carboxylic acids is 2. The number of nitriles is 1. The van der Waals surface area contributed by atoms with Gasteiger partial charge in [0.1, 0.15) is 6.04 Å². The van der Waals surface area contributed by atoms with E-state index in [0.29, 0.717) is 35.1 Å². The Bertz CT molecular complexity index is 1100. The Labute approximate surface area is 215 Å². The number of halogens is 1. The van der Waals surface area contributed by atoms with Gasteiger partial charge in [0.15, 0.2) is 0 Å². The first-order valence-electron chi connectivity index (χ1n) is 12.3. The van der Waals surface area contributed by atoms with Crippen LogP contribution in [-0.4, -0.2) is 28.9 Å². The second-order valence-electron chi connectivity index (χ2n) is 9.77. The lowest BCUT2D eigenvalue weighted by molar-refractivity contribution is -0.124. The van der Waals surface area contributed by atoms with E-state index in [0.717, 1.165) is 29.1 Å². The van der Waals surface area contributed by atoms with E-state index in [1.165, 1.54) is 24.2 Å². The number of carbonyl (C=O) groups is 2. The number of amides is 2. The number of hydrogen-bond acceptors (Lipinski definition) is 6.